The van der Waals surface area contributed by atoms with Gasteiger partial charge < -0.3 is 14.2 Å². The van der Waals surface area contributed by atoms with Crippen LogP contribution in [0, 0.1) is 6.92 Å². The van der Waals surface area contributed by atoms with Crippen LogP contribution in [0.15, 0.2) is 57.6 Å². The zero-order valence-corrected chi connectivity index (χ0v) is 12.7. The highest BCUT2D eigenvalue weighted by Crippen LogP contribution is 2.29. The fraction of sp³-hybridized carbons (Fsp3) is 0.118. The lowest BCUT2D eigenvalue weighted by atomic mass is 10.1. The predicted molar refractivity (Wildman–Crippen MR) is 83.8 cm³/mol. The largest absolute Gasteiger partial charge is 0.467 e. The smallest absolute Gasteiger partial charge is 0.287 e. The van der Waals surface area contributed by atoms with E-state index < -0.39 is 0 Å². The minimum Gasteiger partial charge on any atom is -0.467 e. The van der Waals surface area contributed by atoms with Crippen LogP contribution in [0.2, 0.25) is 5.02 Å². The molecule has 0 radical (unpaired) electrons. The van der Waals surface area contributed by atoms with Crippen molar-refractivity contribution in [2.24, 2.45) is 0 Å². The minimum absolute atomic E-state index is 0.251. The van der Waals surface area contributed by atoms with Gasteiger partial charge in [0.15, 0.2) is 5.76 Å². The Kier molecular flexibility index (Phi) is 4.02. The molecule has 1 aromatic carbocycles. The van der Waals surface area contributed by atoms with E-state index in [0.717, 1.165) is 11.1 Å². The molecule has 3 rings (SSSR count). The Morgan fingerprint density at radius 3 is 2.82 bits per heavy atom. The first-order chi connectivity index (χ1) is 10.6. The Morgan fingerprint density at radius 1 is 1.18 bits per heavy atom. The van der Waals surface area contributed by atoms with E-state index in [1.54, 1.807) is 30.5 Å². The highest BCUT2D eigenvalue weighted by Gasteiger charge is 2.14. The molecular weight excluding hydrogens is 302 g/mol. The topological polar surface area (TPSA) is 55.4 Å². The van der Waals surface area contributed by atoms with Crippen LogP contribution in [0.5, 0.6) is 0 Å². The lowest BCUT2D eigenvalue weighted by Gasteiger charge is -2.04. The van der Waals surface area contributed by atoms with E-state index in [4.69, 9.17) is 20.4 Å². The zero-order chi connectivity index (χ0) is 15.5. The Bertz CT molecular complexity index is 790. The molecule has 0 fully saturated rings. The average Bonchev–Trinajstić information content (AvgIpc) is 3.18. The summed E-state index contributed by atoms with van der Waals surface area (Å²) >= 11 is 6.11. The van der Waals surface area contributed by atoms with Gasteiger partial charge in [0.1, 0.15) is 11.5 Å². The number of rotatable bonds is 4. The van der Waals surface area contributed by atoms with E-state index in [1.807, 2.05) is 25.1 Å². The summed E-state index contributed by atoms with van der Waals surface area (Å²) in [4.78, 5) is 12.1. The van der Waals surface area contributed by atoms with Crippen LogP contribution in [0.3, 0.4) is 0 Å². The van der Waals surface area contributed by atoms with Crippen LogP contribution < -0.4 is 5.32 Å². The normalized spacial score (nSPS) is 10.6. The van der Waals surface area contributed by atoms with Gasteiger partial charge in [-0.15, -0.1) is 0 Å². The van der Waals surface area contributed by atoms with Crippen LogP contribution in [0.1, 0.15) is 21.9 Å². The number of nitrogens with one attached hydrogen (secondary N) is 1. The van der Waals surface area contributed by atoms with Crippen molar-refractivity contribution in [2.45, 2.75) is 13.5 Å². The van der Waals surface area contributed by atoms with Crippen LogP contribution >= 0.6 is 11.6 Å². The van der Waals surface area contributed by atoms with Gasteiger partial charge in [0.2, 0.25) is 0 Å². The molecule has 0 spiro atoms. The van der Waals surface area contributed by atoms with E-state index >= 15 is 0 Å². The van der Waals surface area contributed by atoms with Gasteiger partial charge in [0.25, 0.3) is 5.91 Å². The lowest BCUT2D eigenvalue weighted by Crippen LogP contribution is -2.21. The van der Waals surface area contributed by atoms with E-state index in [2.05, 4.69) is 5.32 Å². The lowest BCUT2D eigenvalue weighted by molar-refractivity contribution is 0.0921. The summed E-state index contributed by atoms with van der Waals surface area (Å²) in [7, 11) is 0. The van der Waals surface area contributed by atoms with E-state index in [1.165, 1.54) is 0 Å². The van der Waals surface area contributed by atoms with Crippen molar-refractivity contribution in [3.05, 3.63) is 70.8 Å². The molecule has 0 unspecified atom stereocenters. The molecule has 2 heterocycles. The Hall–Kier alpha value is -2.46. The second-order valence-electron chi connectivity index (χ2n) is 4.84. The van der Waals surface area contributed by atoms with Crippen molar-refractivity contribution in [1.29, 1.82) is 0 Å². The van der Waals surface area contributed by atoms with Gasteiger partial charge >= 0.3 is 0 Å². The maximum atomic E-state index is 12.1. The summed E-state index contributed by atoms with van der Waals surface area (Å²) in [5.74, 6) is 1.26. The number of hydrogen-bond donors (Lipinski definition) is 1. The van der Waals surface area contributed by atoms with Crippen molar-refractivity contribution in [2.75, 3.05) is 0 Å². The quantitative estimate of drug-likeness (QED) is 0.774. The molecule has 1 N–H and O–H groups in total. The predicted octanol–water partition coefficient (Wildman–Crippen LogP) is 4.43. The second kappa shape index (κ2) is 6.12. The fourth-order valence-electron chi connectivity index (χ4n) is 2.15. The number of carbonyl (C=O) groups excluding carboxylic acids is 1. The van der Waals surface area contributed by atoms with Crippen LogP contribution in [0.4, 0.5) is 0 Å². The molecule has 0 saturated heterocycles. The molecule has 0 aliphatic carbocycles. The van der Waals surface area contributed by atoms with Gasteiger partial charge in [0.05, 0.1) is 12.8 Å². The molecule has 4 nitrogen and oxygen atoms in total. The molecule has 5 heteroatoms. The summed E-state index contributed by atoms with van der Waals surface area (Å²) in [6.45, 7) is 2.23. The number of carbonyl (C=O) groups is 1. The third kappa shape index (κ3) is 2.92. The van der Waals surface area contributed by atoms with Crippen molar-refractivity contribution < 1.29 is 13.6 Å². The summed E-state index contributed by atoms with van der Waals surface area (Å²) in [5, 5.41) is 3.40. The Balaban J connectivity index is 1.75. The highest BCUT2D eigenvalue weighted by atomic mass is 35.5. The SMILES string of the molecule is Cc1c(Cl)cccc1-c1ccc(C(=O)NCc2ccco2)o1. The summed E-state index contributed by atoms with van der Waals surface area (Å²) in [6.07, 6.45) is 1.56. The average molecular weight is 316 g/mol. The van der Waals surface area contributed by atoms with Crippen molar-refractivity contribution >= 4 is 17.5 Å². The number of benzene rings is 1. The third-order valence-corrected chi connectivity index (χ3v) is 3.78. The zero-order valence-electron chi connectivity index (χ0n) is 11.9. The number of hydrogen-bond acceptors (Lipinski definition) is 3. The van der Waals surface area contributed by atoms with Crippen molar-refractivity contribution in [3.63, 3.8) is 0 Å². The van der Waals surface area contributed by atoms with Crippen molar-refractivity contribution in [1.82, 2.24) is 5.32 Å². The first-order valence-corrected chi connectivity index (χ1v) is 7.19. The van der Waals surface area contributed by atoms with Crippen molar-refractivity contribution in [3.8, 4) is 11.3 Å². The Morgan fingerprint density at radius 2 is 2.05 bits per heavy atom. The maximum absolute atomic E-state index is 12.1. The highest BCUT2D eigenvalue weighted by molar-refractivity contribution is 6.31. The van der Waals surface area contributed by atoms with Crippen LogP contribution in [-0.4, -0.2) is 5.91 Å². The molecule has 0 aliphatic heterocycles. The number of furan rings is 2. The van der Waals surface area contributed by atoms with Gasteiger partial charge in [-0.25, -0.2) is 0 Å². The Labute approximate surface area is 132 Å². The van der Waals surface area contributed by atoms with Crippen LogP contribution in [0.25, 0.3) is 11.3 Å². The van der Waals surface area contributed by atoms with E-state index in [9.17, 15) is 4.79 Å². The molecule has 0 atom stereocenters. The third-order valence-electron chi connectivity index (χ3n) is 3.37. The van der Waals surface area contributed by atoms with Gasteiger partial charge in [0, 0.05) is 10.6 Å². The van der Waals surface area contributed by atoms with Gasteiger partial charge in [-0.1, -0.05) is 23.7 Å². The standard InChI is InChI=1S/C17H14ClNO3/c1-11-13(5-2-6-14(11)18)15-7-8-16(22-15)17(20)19-10-12-4-3-9-21-12/h2-9H,10H2,1H3,(H,19,20). The molecule has 2 aromatic heterocycles. The van der Waals surface area contributed by atoms with E-state index in [0.29, 0.717) is 23.1 Å². The monoisotopic (exact) mass is 315 g/mol. The van der Waals surface area contributed by atoms with Gasteiger partial charge in [-0.3, -0.25) is 4.79 Å². The summed E-state index contributed by atoms with van der Waals surface area (Å²) in [5.41, 5.74) is 1.79. The minimum atomic E-state index is -0.290. The molecule has 3 aromatic rings. The summed E-state index contributed by atoms with van der Waals surface area (Å²) < 4.78 is 10.8. The number of amides is 1. The molecule has 0 bridgehead atoms. The van der Waals surface area contributed by atoms with Gasteiger partial charge in [-0.05, 0) is 42.8 Å². The maximum Gasteiger partial charge on any atom is 0.287 e. The number of halogens is 1. The molecule has 112 valence electrons. The summed E-state index contributed by atoms with van der Waals surface area (Å²) in [6, 6.07) is 12.6. The van der Waals surface area contributed by atoms with Crippen LogP contribution in [-0.2, 0) is 6.54 Å². The fourth-order valence-corrected chi connectivity index (χ4v) is 2.32. The molecule has 1 amide bonds. The molecule has 0 aliphatic rings. The first kappa shape index (κ1) is 14.5. The van der Waals surface area contributed by atoms with Gasteiger partial charge in [-0.2, -0.15) is 0 Å². The molecule has 0 saturated carbocycles. The molecule has 22 heavy (non-hydrogen) atoms. The first-order valence-electron chi connectivity index (χ1n) is 6.81. The van der Waals surface area contributed by atoms with E-state index in [-0.39, 0.29) is 11.7 Å². The second-order valence-corrected chi connectivity index (χ2v) is 5.25. The molecular formula is C17H14ClNO3.